The smallest absolute Gasteiger partial charge is 0.163 e. The predicted octanol–water partition coefficient (Wildman–Crippen LogP) is 2.54. The van der Waals surface area contributed by atoms with Gasteiger partial charge in [-0.3, -0.25) is 4.79 Å². The molecule has 0 amide bonds. The van der Waals surface area contributed by atoms with Crippen molar-refractivity contribution in [2.45, 2.75) is 25.7 Å². The van der Waals surface area contributed by atoms with Crippen LogP contribution in [0.3, 0.4) is 0 Å². The van der Waals surface area contributed by atoms with Gasteiger partial charge >= 0.3 is 0 Å². The number of rotatable bonds is 1. The van der Waals surface area contributed by atoms with Crippen LogP contribution in [0.25, 0.3) is 0 Å². The van der Waals surface area contributed by atoms with Gasteiger partial charge in [0.15, 0.2) is 5.78 Å². The predicted molar refractivity (Wildman–Crippen MR) is 49.3 cm³/mol. The molecule has 0 aromatic rings. The molecule has 2 rings (SSSR count). The standard InChI is InChI=1S/C10H13ClO/c11-6-8-5-7-3-1-2-4-9(7)10(8)12/h5,7,9H,1-4,6H2/t7-,9-/m1/s1. The van der Waals surface area contributed by atoms with Crippen molar-refractivity contribution in [1.82, 2.24) is 0 Å². The number of allylic oxidation sites excluding steroid dienone is 2. The van der Waals surface area contributed by atoms with E-state index in [1.54, 1.807) is 0 Å². The summed E-state index contributed by atoms with van der Waals surface area (Å²) in [5.74, 6) is 1.56. The molecule has 2 atom stereocenters. The molecule has 0 heterocycles. The number of ketones is 1. The SMILES string of the molecule is O=C1C(CCl)=C[C@H]2CCCC[C@@H]12. The average molecular weight is 185 g/mol. The lowest BCUT2D eigenvalue weighted by Gasteiger charge is -2.22. The van der Waals surface area contributed by atoms with Crippen molar-refractivity contribution in [2.24, 2.45) is 11.8 Å². The molecule has 0 aromatic heterocycles. The first kappa shape index (κ1) is 8.31. The number of alkyl halides is 1. The van der Waals surface area contributed by atoms with Gasteiger partial charge < -0.3 is 0 Å². The highest BCUT2D eigenvalue weighted by atomic mass is 35.5. The lowest BCUT2D eigenvalue weighted by molar-refractivity contribution is -0.119. The maximum Gasteiger partial charge on any atom is 0.163 e. The van der Waals surface area contributed by atoms with E-state index in [9.17, 15) is 4.79 Å². The van der Waals surface area contributed by atoms with Crippen molar-refractivity contribution in [3.05, 3.63) is 11.6 Å². The van der Waals surface area contributed by atoms with Crippen LogP contribution in [0.4, 0.5) is 0 Å². The Labute approximate surface area is 77.8 Å². The van der Waals surface area contributed by atoms with E-state index in [1.807, 2.05) is 0 Å². The van der Waals surface area contributed by atoms with E-state index < -0.39 is 0 Å². The minimum Gasteiger partial charge on any atom is -0.294 e. The Balaban J connectivity index is 2.17. The first-order chi connectivity index (χ1) is 5.83. The Kier molecular flexibility index (Phi) is 2.22. The molecular weight excluding hydrogens is 172 g/mol. The van der Waals surface area contributed by atoms with Crippen LogP contribution in [-0.2, 0) is 4.79 Å². The van der Waals surface area contributed by atoms with Crippen LogP contribution in [0, 0.1) is 11.8 Å². The summed E-state index contributed by atoms with van der Waals surface area (Å²) in [6.45, 7) is 0. The summed E-state index contributed by atoms with van der Waals surface area (Å²) in [5, 5.41) is 0. The third-order valence-electron chi connectivity index (χ3n) is 3.03. The second-order valence-corrected chi connectivity index (χ2v) is 4.01. The molecule has 12 heavy (non-hydrogen) atoms. The number of carbonyl (C=O) groups excluding carboxylic acids is 1. The van der Waals surface area contributed by atoms with Crippen LogP contribution in [0.1, 0.15) is 25.7 Å². The van der Waals surface area contributed by atoms with E-state index in [1.165, 1.54) is 19.3 Å². The Bertz CT molecular complexity index is 232. The van der Waals surface area contributed by atoms with Gasteiger partial charge in [-0.15, -0.1) is 11.6 Å². The fourth-order valence-corrected chi connectivity index (χ4v) is 2.59. The van der Waals surface area contributed by atoms with Gasteiger partial charge in [-0.1, -0.05) is 18.9 Å². The summed E-state index contributed by atoms with van der Waals surface area (Å²) >= 11 is 5.68. The van der Waals surface area contributed by atoms with Crippen LogP contribution in [0.2, 0.25) is 0 Å². The minimum absolute atomic E-state index is 0.299. The molecule has 1 nitrogen and oxygen atoms in total. The monoisotopic (exact) mass is 184 g/mol. The lowest BCUT2D eigenvalue weighted by atomic mass is 9.81. The van der Waals surface area contributed by atoms with Gasteiger partial charge in [0.2, 0.25) is 0 Å². The van der Waals surface area contributed by atoms with Gasteiger partial charge in [0, 0.05) is 11.5 Å². The Morgan fingerprint density at radius 1 is 1.42 bits per heavy atom. The third-order valence-corrected chi connectivity index (χ3v) is 3.32. The summed E-state index contributed by atoms with van der Waals surface area (Å²) in [6.07, 6.45) is 6.88. The van der Waals surface area contributed by atoms with Crippen LogP contribution in [-0.4, -0.2) is 11.7 Å². The molecule has 66 valence electrons. The number of hydrogen-bond donors (Lipinski definition) is 0. The zero-order chi connectivity index (χ0) is 8.55. The van der Waals surface area contributed by atoms with Crippen LogP contribution < -0.4 is 0 Å². The normalized spacial score (nSPS) is 34.8. The number of Topliss-reactive ketones (excluding diaryl/α,β-unsaturated/α-hetero) is 1. The van der Waals surface area contributed by atoms with E-state index >= 15 is 0 Å². The number of fused-ring (bicyclic) bond motifs is 1. The van der Waals surface area contributed by atoms with Gasteiger partial charge in [-0.2, -0.15) is 0 Å². The van der Waals surface area contributed by atoms with Gasteiger partial charge in [0.25, 0.3) is 0 Å². The van der Waals surface area contributed by atoms with Crippen molar-refractivity contribution in [3.8, 4) is 0 Å². The maximum atomic E-state index is 11.6. The molecule has 0 N–H and O–H groups in total. The molecule has 1 fully saturated rings. The van der Waals surface area contributed by atoms with E-state index in [0.29, 0.717) is 23.5 Å². The molecule has 0 aliphatic heterocycles. The van der Waals surface area contributed by atoms with Crippen molar-refractivity contribution in [2.75, 3.05) is 5.88 Å². The fourth-order valence-electron chi connectivity index (χ4n) is 2.37. The molecular formula is C10H13ClO. The summed E-state index contributed by atoms with van der Waals surface area (Å²) in [7, 11) is 0. The molecule has 0 spiro atoms. The van der Waals surface area contributed by atoms with Crippen LogP contribution in [0.15, 0.2) is 11.6 Å². The third kappa shape index (κ3) is 1.20. The molecule has 2 aliphatic rings. The Hall–Kier alpha value is -0.300. The molecule has 0 saturated heterocycles. The van der Waals surface area contributed by atoms with E-state index in [2.05, 4.69) is 6.08 Å². The summed E-state index contributed by atoms with van der Waals surface area (Å²) in [4.78, 5) is 11.6. The zero-order valence-electron chi connectivity index (χ0n) is 7.05. The molecule has 2 heteroatoms. The Morgan fingerprint density at radius 3 is 2.83 bits per heavy atom. The van der Waals surface area contributed by atoms with Crippen molar-refractivity contribution in [1.29, 1.82) is 0 Å². The zero-order valence-corrected chi connectivity index (χ0v) is 7.81. The topological polar surface area (TPSA) is 17.1 Å². The molecule has 0 unspecified atom stereocenters. The first-order valence-corrected chi connectivity index (χ1v) is 5.17. The summed E-state index contributed by atoms with van der Waals surface area (Å²) in [5.41, 5.74) is 0.869. The fraction of sp³-hybridized carbons (Fsp3) is 0.700. The van der Waals surface area contributed by atoms with Gasteiger partial charge in [-0.25, -0.2) is 0 Å². The highest BCUT2D eigenvalue weighted by Gasteiger charge is 2.36. The summed E-state index contributed by atoms with van der Waals surface area (Å²) < 4.78 is 0. The maximum absolute atomic E-state index is 11.6. The number of carbonyl (C=O) groups is 1. The molecule has 1 saturated carbocycles. The summed E-state index contributed by atoms with van der Waals surface area (Å²) in [6, 6.07) is 0. The molecule has 0 aromatic carbocycles. The van der Waals surface area contributed by atoms with E-state index in [4.69, 9.17) is 11.6 Å². The minimum atomic E-state index is 0.299. The highest BCUT2D eigenvalue weighted by molar-refractivity contribution is 6.23. The number of hydrogen-bond acceptors (Lipinski definition) is 1. The van der Waals surface area contributed by atoms with Crippen LogP contribution >= 0.6 is 11.6 Å². The van der Waals surface area contributed by atoms with Crippen molar-refractivity contribution >= 4 is 17.4 Å². The molecule has 0 bridgehead atoms. The van der Waals surface area contributed by atoms with Crippen molar-refractivity contribution in [3.63, 3.8) is 0 Å². The first-order valence-electron chi connectivity index (χ1n) is 4.64. The highest BCUT2D eigenvalue weighted by Crippen LogP contribution is 2.38. The van der Waals surface area contributed by atoms with Gasteiger partial charge in [0.05, 0.1) is 5.88 Å². The van der Waals surface area contributed by atoms with Gasteiger partial charge in [-0.05, 0) is 18.8 Å². The van der Waals surface area contributed by atoms with Gasteiger partial charge in [0.1, 0.15) is 0 Å². The molecule has 2 aliphatic carbocycles. The molecule has 0 radical (unpaired) electrons. The number of halogens is 1. The second-order valence-electron chi connectivity index (χ2n) is 3.74. The average Bonchev–Trinajstić information content (AvgIpc) is 2.44. The van der Waals surface area contributed by atoms with Crippen LogP contribution in [0.5, 0.6) is 0 Å². The second kappa shape index (κ2) is 3.21. The quantitative estimate of drug-likeness (QED) is 0.573. The van der Waals surface area contributed by atoms with Crippen molar-refractivity contribution < 1.29 is 4.79 Å². The largest absolute Gasteiger partial charge is 0.294 e. The lowest BCUT2D eigenvalue weighted by Crippen LogP contribution is -2.20. The van der Waals surface area contributed by atoms with E-state index in [-0.39, 0.29) is 0 Å². The Morgan fingerprint density at radius 2 is 2.17 bits per heavy atom. The van der Waals surface area contributed by atoms with E-state index in [0.717, 1.165) is 12.0 Å².